The molecule has 5 aromatic rings. The van der Waals surface area contributed by atoms with Crippen LogP contribution in [0, 0.1) is 0 Å². The van der Waals surface area contributed by atoms with Crippen molar-refractivity contribution in [1.29, 1.82) is 0 Å². The van der Waals surface area contributed by atoms with Crippen LogP contribution in [0.5, 0.6) is 0 Å². The highest BCUT2D eigenvalue weighted by atomic mass is 32.2. The molecular formula is C48H61BN6S3. The van der Waals surface area contributed by atoms with Crippen LogP contribution in [0.25, 0.3) is 21.5 Å². The molecule has 0 spiro atoms. The highest BCUT2D eigenvalue weighted by Crippen LogP contribution is 2.49. The molecule has 0 aliphatic carbocycles. The van der Waals surface area contributed by atoms with Crippen molar-refractivity contribution in [3.8, 4) is 0 Å². The second kappa shape index (κ2) is 18.7. The quantitative estimate of drug-likeness (QED) is 0.0353. The molecule has 304 valence electrons. The molecule has 0 amide bonds. The van der Waals surface area contributed by atoms with Crippen LogP contribution < -0.4 is 11.0 Å². The van der Waals surface area contributed by atoms with Gasteiger partial charge in [0.15, 0.2) is 0 Å². The molecule has 58 heavy (non-hydrogen) atoms. The molecule has 1 unspecified atom stereocenters. The van der Waals surface area contributed by atoms with E-state index in [1.807, 2.05) is 35.3 Å². The van der Waals surface area contributed by atoms with Crippen molar-refractivity contribution in [1.82, 2.24) is 13.8 Å². The standard InChI is InChI=1S/C48H61BN6S3/c1-4-7-10-13-16-19-28-56-34-22-25-37-40(31-34)46-51-45-39-27-24-36(58-30-21-18-15-12-9-6-3)33-42(39)48-52-47-41-32-35(57-29-20-17-14-11-8-5-2)23-26-38(41)44-50-43(37)53(46)49(54(44)47)55(45)48/h22-27,31-33,48H,4-21,28-30H2,1-3H3. The third kappa shape index (κ3) is 7.84. The number of fused-ring (bicyclic) bond motifs is 9. The van der Waals surface area contributed by atoms with Gasteiger partial charge in [0.25, 0.3) is 0 Å². The molecule has 4 aliphatic heterocycles. The predicted octanol–water partition coefficient (Wildman–Crippen LogP) is 13.6. The second-order valence-electron chi connectivity index (χ2n) is 16.9. The van der Waals surface area contributed by atoms with Gasteiger partial charge in [-0.05, 0) is 91.1 Å². The molecule has 3 aromatic carbocycles. The number of hydrogen-bond donors (Lipinski definition) is 0. The van der Waals surface area contributed by atoms with Gasteiger partial charge < -0.3 is 13.8 Å². The molecule has 0 saturated heterocycles. The lowest BCUT2D eigenvalue weighted by atomic mass is 9.85. The van der Waals surface area contributed by atoms with E-state index >= 15 is 0 Å². The van der Waals surface area contributed by atoms with Gasteiger partial charge in [-0.3, -0.25) is 0 Å². The van der Waals surface area contributed by atoms with Crippen molar-refractivity contribution in [2.24, 2.45) is 15.0 Å². The number of unbranched alkanes of at least 4 members (excludes halogenated alkanes) is 15. The maximum atomic E-state index is 5.69. The lowest BCUT2D eigenvalue weighted by molar-refractivity contribution is 0.442. The van der Waals surface area contributed by atoms with Crippen molar-refractivity contribution in [2.45, 2.75) is 157 Å². The van der Waals surface area contributed by atoms with E-state index < -0.39 is 0 Å². The number of nitrogens with zero attached hydrogens (tertiary/aromatic N) is 6. The van der Waals surface area contributed by atoms with E-state index in [0.717, 1.165) is 45.7 Å². The van der Waals surface area contributed by atoms with Crippen LogP contribution in [-0.4, -0.2) is 44.0 Å². The fourth-order valence-electron chi connectivity index (χ4n) is 9.45. The number of thioether (sulfide) groups is 3. The summed E-state index contributed by atoms with van der Waals surface area (Å²) >= 11 is 6.00. The zero-order chi connectivity index (χ0) is 39.4. The lowest BCUT2D eigenvalue weighted by Crippen LogP contribution is -2.63. The van der Waals surface area contributed by atoms with Crippen molar-refractivity contribution in [3.05, 3.63) is 76.7 Å². The third-order valence-corrected chi connectivity index (χ3v) is 15.8. The molecule has 0 saturated carbocycles. The van der Waals surface area contributed by atoms with E-state index in [9.17, 15) is 0 Å². The van der Waals surface area contributed by atoms with Gasteiger partial charge in [-0.2, -0.15) is 0 Å². The van der Waals surface area contributed by atoms with Gasteiger partial charge in [-0.1, -0.05) is 117 Å². The minimum atomic E-state index is -0.126. The molecule has 4 aliphatic rings. The number of rotatable bonds is 24. The largest absolute Gasteiger partial charge is 0.522 e. The first-order valence-corrected chi connectivity index (χ1v) is 25.8. The van der Waals surface area contributed by atoms with E-state index in [2.05, 4.69) is 89.1 Å². The van der Waals surface area contributed by atoms with Crippen molar-refractivity contribution < 1.29 is 0 Å². The Morgan fingerprint density at radius 1 is 0.500 bits per heavy atom. The Labute approximate surface area is 359 Å². The molecular weight excluding hydrogens is 768 g/mol. The van der Waals surface area contributed by atoms with Crippen LogP contribution in [-0.2, 0) is 0 Å². The van der Waals surface area contributed by atoms with Crippen molar-refractivity contribution >= 4 is 81.4 Å². The molecule has 1 atom stereocenters. The van der Waals surface area contributed by atoms with E-state index in [0.29, 0.717) is 0 Å². The Morgan fingerprint density at radius 3 is 1.64 bits per heavy atom. The highest BCUT2D eigenvalue weighted by molar-refractivity contribution is 7.99. The predicted molar refractivity (Wildman–Crippen MR) is 252 cm³/mol. The minimum absolute atomic E-state index is 0.104. The van der Waals surface area contributed by atoms with Crippen LogP contribution in [0.3, 0.4) is 0 Å². The van der Waals surface area contributed by atoms with Crippen LogP contribution >= 0.6 is 35.3 Å². The summed E-state index contributed by atoms with van der Waals surface area (Å²) in [6.07, 6.45) is 23.8. The molecule has 9 rings (SSSR count). The first kappa shape index (κ1) is 40.3. The SMILES string of the molecule is CCCCCCCCSc1ccc2c(c1)C1N=c3c4cc(SCCCCCCCC)ccc4c4n3B3N1C2=Nc1c2cc(SCCCCCCCC)ccc2c(n13)N=4. The highest BCUT2D eigenvalue weighted by Gasteiger charge is 2.53. The summed E-state index contributed by atoms with van der Waals surface area (Å²) in [4.78, 5) is 23.3. The fourth-order valence-corrected chi connectivity index (χ4v) is 12.3. The molecule has 10 heteroatoms. The topological polar surface area (TPSA) is 50.2 Å². The van der Waals surface area contributed by atoms with Crippen molar-refractivity contribution in [3.63, 3.8) is 0 Å². The summed E-state index contributed by atoms with van der Waals surface area (Å²) in [6, 6.07) is 21.2. The van der Waals surface area contributed by atoms with Crippen LogP contribution in [0.4, 0.5) is 11.6 Å². The molecule has 0 bridgehead atoms. The lowest BCUT2D eigenvalue weighted by Gasteiger charge is -2.39. The van der Waals surface area contributed by atoms with Gasteiger partial charge in [0.2, 0.25) is 0 Å². The van der Waals surface area contributed by atoms with Gasteiger partial charge in [0.05, 0.1) is 0 Å². The Balaban J connectivity index is 1.08. The van der Waals surface area contributed by atoms with Crippen LogP contribution in [0.2, 0.25) is 0 Å². The van der Waals surface area contributed by atoms with E-state index in [4.69, 9.17) is 15.0 Å². The molecule has 2 aromatic heterocycles. The summed E-state index contributed by atoms with van der Waals surface area (Å²) < 4.78 is 4.86. The molecule has 0 N–H and O–H groups in total. The fraction of sp³-hybridized carbons (Fsp3) is 0.521. The zero-order valence-electron chi connectivity index (χ0n) is 35.1. The first-order valence-electron chi connectivity index (χ1n) is 22.9. The van der Waals surface area contributed by atoms with Gasteiger partial charge in [0, 0.05) is 47.4 Å². The maximum absolute atomic E-state index is 5.69. The summed E-state index contributed by atoms with van der Waals surface area (Å²) in [6.45, 7) is 6.88. The van der Waals surface area contributed by atoms with Gasteiger partial charge in [-0.25, -0.2) is 15.0 Å². The van der Waals surface area contributed by atoms with Crippen molar-refractivity contribution in [2.75, 3.05) is 17.3 Å². The molecule has 6 nitrogen and oxygen atoms in total. The number of hydrogen-bond acceptors (Lipinski definition) is 7. The van der Waals surface area contributed by atoms with Crippen LogP contribution in [0.1, 0.15) is 154 Å². The average molecular weight is 829 g/mol. The molecule has 6 heterocycles. The molecule has 0 fully saturated rings. The Morgan fingerprint density at radius 2 is 1.02 bits per heavy atom. The summed E-state index contributed by atoms with van der Waals surface area (Å²) in [5.74, 6) is 6.59. The Kier molecular flexibility index (Phi) is 13.0. The molecule has 0 radical (unpaired) electrons. The van der Waals surface area contributed by atoms with E-state index in [1.54, 1.807) is 0 Å². The third-order valence-electron chi connectivity index (χ3n) is 12.6. The van der Waals surface area contributed by atoms with E-state index in [1.165, 1.54) is 163 Å². The van der Waals surface area contributed by atoms with Gasteiger partial charge >= 0.3 is 7.12 Å². The Bertz CT molecular complexity index is 2420. The second-order valence-corrected chi connectivity index (χ2v) is 20.4. The maximum Gasteiger partial charge on any atom is 0.522 e. The number of benzene rings is 3. The smallest absolute Gasteiger partial charge is 0.334 e. The zero-order valence-corrected chi connectivity index (χ0v) is 37.6. The summed E-state index contributed by atoms with van der Waals surface area (Å²) in [5.41, 5.74) is 4.60. The van der Waals surface area contributed by atoms with E-state index in [-0.39, 0.29) is 13.3 Å². The number of aromatic nitrogens is 2. The first-order chi connectivity index (χ1) is 28.7. The minimum Gasteiger partial charge on any atom is -0.334 e. The number of amidine groups is 1. The normalized spacial score (nSPS) is 15.6. The number of aliphatic imine (C=N–C) groups is 1. The average Bonchev–Trinajstić information content (AvgIpc) is 3.86. The summed E-state index contributed by atoms with van der Waals surface area (Å²) in [7, 11) is -0.104. The Hall–Kier alpha value is -3.08. The summed E-state index contributed by atoms with van der Waals surface area (Å²) in [5, 5.41) is 4.83. The van der Waals surface area contributed by atoms with Crippen LogP contribution in [0.15, 0.2) is 84.3 Å². The van der Waals surface area contributed by atoms with Gasteiger partial charge in [-0.15, -0.1) is 35.3 Å². The van der Waals surface area contributed by atoms with Gasteiger partial charge in [0.1, 0.15) is 34.6 Å². The monoisotopic (exact) mass is 828 g/mol.